The van der Waals surface area contributed by atoms with Crippen molar-refractivity contribution in [1.29, 1.82) is 0 Å². The van der Waals surface area contributed by atoms with Crippen LogP contribution >= 0.6 is 0 Å². The molecule has 222 valence electrons. The van der Waals surface area contributed by atoms with Crippen LogP contribution in [0.3, 0.4) is 0 Å². The summed E-state index contributed by atoms with van der Waals surface area (Å²) in [7, 11) is 0. The maximum absolute atomic E-state index is 13.0. The third-order valence-corrected chi connectivity index (χ3v) is 10.8. The van der Waals surface area contributed by atoms with E-state index >= 15 is 0 Å². The molecular weight excluding hydrogens is 510 g/mol. The number of piperidine rings is 1. The van der Waals surface area contributed by atoms with Crippen molar-refractivity contribution in [2.45, 2.75) is 102 Å². The highest BCUT2D eigenvalue weighted by Gasteiger charge is 2.51. The SMILES string of the molecule is CCN(C(=O)OCc1ccccc1)C1CCN(CC2CC(N3C(C)CC4CCC(O)C43)CC2c2ccccc2)CC1. The van der Waals surface area contributed by atoms with Gasteiger partial charge in [0.25, 0.3) is 0 Å². The number of aliphatic hydroxyl groups is 1. The lowest BCUT2D eigenvalue weighted by Crippen LogP contribution is -2.48. The first-order chi connectivity index (χ1) is 20.0. The van der Waals surface area contributed by atoms with Gasteiger partial charge in [-0.3, -0.25) is 4.90 Å². The molecule has 6 heteroatoms. The Bertz CT molecular complexity index is 1120. The quantitative estimate of drug-likeness (QED) is 0.436. The maximum atomic E-state index is 13.0. The summed E-state index contributed by atoms with van der Waals surface area (Å²) in [5.41, 5.74) is 2.50. The molecule has 7 atom stereocenters. The topological polar surface area (TPSA) is 56.2 Å². The third kappa shape index (κ3) is 6.21. The number of carbonyl (C=O) groups is 1. The number of benzene rings is 2. The van der Waals surface area contributed by atoms with E-state index in [1.54, 1.807) is 0 Å². The molecule has 2 aromatic carbocycles. The highest BCUT2D eigenvalue weighted by molar-refractivity contribution is 5.68. The predicted octanol–water partition coefficient (Wildman–Crippen LogP) is 5.91. The van der Waals surface area contributed by atoms with E-state index < -0.39 is 0 Å². The van der Waals surface area contributed by atoms with E-state index in [2.05, 4.69) is 54.0 Å². The fourth-order valence-electron chi connectivity index (χ4n) is 8.93. The van der Waals surface area contributed by atoms with E-state index in [1.165, 1.54) is 31.2 Å². The van der Waals surface area contributed by atoms with Gasteiger partial charge in [0.1, 0.15) is 6.61 Å². The Labute approximate surface area is 246 Å². The van der Waals surface area contributed by atoms with Crippen LogP contribution in [0.1, 0.15) is 75.8 Å². The Morgan fingerprint density at radius 2 is 1.66 bits per heavy atom. The Morgan fingerprint density at radius 3 is 2.37 bits per heavy atom. The second-order valence-corrected chi connectivity index (χ2v) is 13.2. The van der Waals surface area contributed by atoms with E-state index in [0.29, 0.717) is 49.0 Å². The normalized spacial score (nSPS) is 32.7. The lowest BCUT2D eigenvalue weighted by Gasteiger charge is -2.39. The number of hydrogen-bond acceptors (Lipinski definition) is 5. The number of carbonyl (C=O) groups excluding carboxylic acids is 1. The molecular formula is C35H49N3O3. The van der Waals surface area contributed by atoms with Crippen molar-refractivity contribution in [2.75, 3.05) is 26.2 Å². The molecule has 2 aromatic rings. The minimum Gasteiger partial charge on any atom is -0.445 e. The summed E-state index contributed by atoms with van der Waals surface area (Å²) in [6.45, 7) is 8.63. The summed E-state index contributed by atoms with van der Waals surface area (Å²) < 4.78 is 5.69. The van der Waals surface area contributed by atoms with Gasteiger partial charge >= 0.3 is 6.09 Å². The Hall–Kier alpha value is -2.41. The number of hydrogen-bond donors (Lipinski definition) is 1. The average Bonchev–Trinajstić information content (AvgIpc) is 3.67. The van der Waals surface area contributed by atoms with Gasteiger partial charge in [0.2, 0.25) is 0 Å². The van der Waals surface area contributed by atoms with E-state index in [9.17, 15) is 9.90 Å². The zero-order valence-electron chi connectivity index (χ0n) is 25.0. The van der Waals surface area contributed by atoms with Crippen molar-refractivity contribution >= 4 is 6.09 Å². The van der Waals surface area contributed by atoms with E-state index in [4.69, 9.17) is 4.74 Å². The van der Waals surface area contributed by atoms with Gasteiger partial charge < -0.3 is 19.6 Å². The van der Waals surface area contributed by atoms with Crippen LogP contribution < -0.4 is 0 Å². The molecule has 2 heterocycles. The van der Waals surface area contributed by atoms with Crippen molar-refractivity contribution in [1.82, 2.24) is 14.7 Å². The van der Waals surface area contributed by atoms with Gasteiger partial charge in [-0.1, -0.05) is 60.7 Å². The molecule has 6 rings (SSSR count). The largest absolute Gasteiger partial charge is 0.445 e. The molecule has 4 aliphatic rings. The molecule has 0 radical (unpaired) electrons. The molecule has 0 bridgehead atoms. The fraction of sp³-hybridized carbons (Fsp3) is 0.629. The first-order valence-electron chi connectivity index (χ1n) is 16.2. The standard InChI is InChI=1S/C35H49N3O3/c1-3-37(35(40)41-24-26-10-6-4-7-11-26)30-16-18-36(19-17-30)23-29-21-31(22-32(29)27-12-8-5-9-13-27)38-25(2)20-28-14-15-33(39)34(28)38/h4-13,25,28-34,39H,3,14-24H2,1-2H3. The van der Waals surface area contributed by atoms with Gasteiger partial charge in [0.05, 0.1) is 6.10 Å². The van der Waals surface area contributed by atoms with Crippen LogP contribution in [0.25, 0.3) is 0 Å². The van der Waals surface area contributed by atoms with Gasteiger partial charge in [0, 0.05) is 50.3 Å². The van der Waals surface area contributed by atoms with Gasteiger partial charge in [0.15, 0.2) is 0 Å². The molecule has 6 nitrogen and oxygen atoms in total. The first-order valence-corrected chi connectivity index (χ1v) is 16.2. The van der Waals surface area contributed by atoms with Crippen LogP contribution in [0, 0.1) is 11.8 Å². The number of likely N-dealkylation sites (tertiary alicyclic amines) is 2. The van der Waals surface area contributed by atoms with Crippen LogP contribution in [-0.4, -0.2) is 82.3 Å². The summed E-state index contributed by atoms with van der Waals surface area (Å²) in [5.74, 6) is 1.85. The second-order valence-electron chi connectivity index (χ2n) is 13.2. The van der Waals surface area contributed by atoms with Crippen molar-refractivity contribution in [3.8, 4) is 0 Å². The smallest absolute Gasteiger partial charge is 0.410 e. The van der Waals surface area contributed by atoms with Crippen LogP contribution in [0.2, 0.25) is 0 Å². The number of aliphatic hydroxyl groups excluding tert-OH is 1. The molecule has 2 aliphatic heterocycles. The fourth-order valence-corrected chi connectivity index (χ4v) is 8.93. The molecule has 2 saturated carbocycles. The lowest BCUT2D eigenvalue weighted by molar-refractivity contribution is 0.0403. The molecule has 7 unspecified atom stereocenters. The number of fused-ring (bicyclic) bond motifs is 1. The van der Waals surface area contributed by atoms with Crippen molar-refractivity contribution in [2.24, 2.45) is 11.8 Å². The van der Waals surface area contributed by atoms with E-state index in [1.807, 2.05) is 35.2 Å². The van der Waals surface area contributed by atoms with Crippen molar-refractivity contribution in [3.05, 3.63) is 71.8 Å². The molecule has 1 amide bonds. The molecule has 1 N–H and O–H groups in total. The highest BCUT2D eigenvalue weighted by atomic mass is 16.6. The number of ether oxygens (including phenoxy) is 1. The molecule has 2 saturated heterocycles. The van der Waals surface area contributed by atoms with E-state index in [0.717, 1.165) is 44.5 Å². The minimum atomic E-state index is -0.190. The molecule has 0 spiro atoms. The zero-order chi connectivity index (χ0) is 28.3. The predicted molar refractivity (Wildman–Crippen MR) is 163 cm³/mol. The summed E-state index contributed by atoms with van der Waals surface area (Å²) >= 11 is 0. The number of nitrogens with zero attached hydrogens (tertiary/aromatic N) is 3. The summed E-state index contributed by atoms with van der Waals surface area (Å²) in [6, 6.07) is 22.8. The third-order valence-electron chi connectivity index (χ3n) is 10.8. The van der Waals surface area contributed by atoms with E-state index in [-0.39, 0.29) is 18.2 Å². The van der Waals surface area contributed by atoms with Gasteiger partial charge in [-0.05, 0) is 87.7 Å². The summed E-state index contributed by atoms with van der Waals surface area (Å²) in [6.07, 6.45) is 7.47. The molecule has 4 fully saturated rings. The molecule has 2 aliphatic carbocycles. The maximum Gasteiger partial charge on any atom is 0.410 e. The number of rotatable bonds is 8. The monoisotopic (exact) mass is 559 g/mol. The minimum absolute atomic E-state index is 0.154. The number of amides is 1. The average molecular weight is 560 g/mol. The van der Waals surface area contributed by atoms with Crippen LogP contribution in [-0.2, 0) is 11.3 Å². The Balaban J connectivity index is 1.07. The van der Waals surface area contributed by atoms with Gasteiger partial charge in [-0.25, -0.2) is 4.79 Å². The second kappa shape index (κ2) is 12.8. The molecule has 0 aromatic heterocycles. The summed E-state index contributed by atoms with van der Waals surface area (Å²) in [4.78, 5) is 20.3. The zero-order valence-corrected chi connectivity index (χ0v) is 25.0. The Kier molecular flexibility index (Phi) is 8.99. The highest BCUT2D eigenvalue weighted by Crippen LogP contribution is 2.49. The lowest BCUT2D eigenvalue weighted by atomic mass is 9.88. The molecule has 41 heavy (non-hydrogen) atoms. The Morgan fingerprint density at radius 1 is 0.951 bits per heavy atom. The van der Waals surface area contributed by atoms with Crippen molar-refractivity contribution in [3.63, 3.8) is 0 Å². The van der Waals surface area contributed by atoms with Crippen LogP contribution in [0.15, 0.2) is 60.7 Å². The van der Waals surface area contributed by atoms with Gasteiger partial charge in [-0.2, -0.15) is 0 Å². The first kappa shape index (κ1) is 28.7. The van der Waals surface area contributed by atoms with Crippen LogP contribution in [0.4, 0.5) is 4.79 Å². The van der Waals surface area contributed by atoms with Crippen molar-refractivity contribution < 1.29 is 14.6 Å². The van der Waals surface area contributed by atoms with Crippen LogP contribution in [0.5, 0.6) is 0 Å². The van der Waals surface area contributed by atoms with Gasteiger partial charge in [-0.15, -0.1) is 0 Å². The summed E-state index contributed by atoms with van der Waals surface area (Å²) in [5, 5.41) is 10.9.